The van der Waals surface area contributed by atoms with Crippen LogP contribution in [0.5, 0.6) is 5.75 Å². The fourth-order valence-electron chi connectivity index (χ4n) is 2.32. The smallest absolute Gasteiger partial charge is 0.129 e. The van der Waals surface area contributed by atoms with E-state index in [1.807, 2.05) is 0 Å². The van der Waals surface area contributed by atoms with Crippen LogP contribution in [0, 0.1) is 18.8 Å². The molecule has 3 rings (SSSR count). The van der Waals surface area contributed by atoms with Crippen molar-refractivity contribution in [2.75, 3.05) is 11.9 Å². The van der Waals surface area contributed by atoms with Gasteiger partial charge in [-0.15, -0.1) is 22.7 Å². The number of thiophene rings is 1. The van der Waals surface area contributed by atoms with Crippen molar-refractivity contribution in [1.82, 2.24) is 4.98 Å². The SMILES string of the molecule is Cc1nc2c(cc(OCC(CBr)C(C)C)c3ccsc32)s1. The summed E-state index contributed by atoms with van der Waals surface area (Å²) < 4.78 is 8.63. The molecule has 0 aliphatic carbocycles. The van der Waals surface area contributed by atoms with Crippen molar-refractivity contribution in [1.29, 1.82) is 0 Å². The second-order valence-corrected chi connectivity index (χ2v) is 8.39. The largest absolute Gasteiger partial charge is 0.493 e. The highest BCUT2D eigenvalue weighted by Gasteiger charge is 2.16. The van der Waals surface area contributed by atoms with E-state index in [0.29, 0.717) is 11.8 Å². The third-order valence-electron chi connectivity index (χ3n) is 3.76. The standard InChI is InChI=1S/C16H18BrNOS2/c1-9(2)11(7-17)8-19-13-6-14-15(18-10(3)21-14)16-12(13)4-5-20-16/h4-6,9,11H,7-8H2,1-3H3. The lowest BCUT2D eigenvalue weighted by molar-refractivity contribution is 0.230. The highest BCUT2D eigenvalue weighted by molar-refractivity contribution is 9.09. The molecule has 112 valence electrons. The molecular weight excluding hydrogens is 366 g/mol. The van der Waals surface area contributed by atoms with E-state index in [4.69, 9.17) is 4.74 Å². The van der Waals surface area contributed by atoms with E-state index in [2.05, 4.69) is 59.2 Å². The Morgan fingerprint density at radius 1 is 1.38 bits per heavy atom. The van der Waals surface area contributed by atoms with Gasteiger partial charge in [0, 0.05) is 22.7 Å². The van der Waals surface area contributed by atoms with Crippen molar-refractivity contribution >= 4 is 58.9 Å². The van der Waals surface area contributed by atoms with E-state index >= 15 is 0 Å². The fraction of sp³-hybridized carbons (Fsp3) is 0.438. The molecule has 5 heteroatoms. The molecule has 1 aromatic carbocycles. The van der Waals surface area contributed by atoms with Crippen LogP contribution in [0.3, 0.4) is 0 Å². The molecule has 0 aliphatic rings. The van der Waals surface area contributed by atoms with Crippen LogP contribution in [-0.2, 0) is 0 Å². The molecule has 0 amide bonds. The van der Waals surface area contributed by atoms with Crippen molar-refractivity contribution in [3.63, 3.8) is 0 Å². The number of halogens is 1. The summed E-state index contributed by atoms with van der Waals surface area (Å²) in [5, 5.41) is 5.39. The van der Waals surface area contributed by atoms with Crippen molar-refractivity contribution in [3.8, 4) is 5.75 Å². The number of alkyl halides is 1. The number of benzene rings is 1. The topological polar surface area (TPSA) is 22.1 Å². The summed E-state index contributed by atoms with van der Waals surface area (Å²) in [7, 11) is 0. The lowest BCUT2D eigenvalue weighted by atomic mass is 9.99. The predicted molar refractivity (Wildman–Crippen MR) is 97.4 cm³/mol. The van der Waals surface area contributed by atoms with Crippen LogP contribution in [0.2, 0.25) is 0 Å². The van der Waals surface area contributed by atoms with Gasteiger partial charge in [0.1, 0.15) is 5.75 Å². The zero-order valence-electron chi connectivity index (χ0n) is 12.4. The van der Waals surface area contributed by atoms with Gasteiger partial charge in [-0.25, -0.2) is 4.98 Å². The maximum atomic E-state index is 6.16. The monoisotopic (exact) mass is 383 g/mol. The first-order chi connectivity index (χ1) is 10.1. The van der Waals surface area contributed by atoms with Crippen LogP contribution in [0.25, 0.3) is 20.3 Å². The Morgan fingerprint density at radius 3 is 2.90 bits per heavy atom. The van der Waals surface area contributed by atoms with Crippen molar-refractivity contribution in [3.05, 3.63) is 22.5 Å². The molecule has 1 unspecified atom stereocenters. The molecule has 0 spiro atoms. The number of hydrogen-bond acceptors (Lipinski definition) is 4. The Bertz CT molecular complexity index is 762. The second kappa shape index (κ2) is 6.23. The zero-order chi connectivity index (χ0) is 15.0. The Morgan fingerprint density at radius 2 is 2.19 bits per heavy atom. The normalized spacial score (nSPS) is 13.4. The third-order valence-corrected chi connectivity index (χ3v) is 6.43. The first kappa shape index (κ1) is 15.3. The molecule has 0 bridgehead atoms. The molecule has 1 atom stereocenters. The summed E-state index contributed by atoms with van der Waals surface area (Å²) in [5.74, 6) is 2.13. The summed E-state index contributed by atoms with van der Waals surface area (Å²) in [4.78, 5) is 4.66. The van der Waals surface area contributed by atoms with Gasteiger partial charge in [0.25, 0.3) is 0 Å². The molecular formula is C16H18BrNOS2. The zero-order valence-corrected chi connectivity index (χ0v) is 15.6. The van der Waals surface area contributed by atoms with Gasteiger partial charge < -0.3 is 4.74 Å². The average Bonchev–Trinajstić information content (AvgIpc) is 3.03. The van der Waals surface area contributed by atoms with Gasteiger partial charge in [0.2, 0.25) is 0 Å². The lowest BCUT2D eigenvalue weighted by Crippen LogP contribution is -2.19. The van der Waals surface area contributed by atoms with Crippen molar-refractivity contribution < 1.29 is 4.74 Å². The van der Waals surface area contributed by atoms with Crippen LogP contribution in [-0.4, -0.2) is 16.9 Å². The van der Waals surface area contributed by atoms with Gasteiger partial charge in [-0.05, 0) is 24.3 Å². The van der Waals surface area contributed by atoms with Gasteiger partial charge in [-0.1, -0.05) is 29.8 Å². The van der Waals surface area contributed by atoms with Crippen LogP contribution in [0.1, 0.15) is 18.9 Å². The van der Waals surface area contributed by atoms with E-state index in [9.17, 15) is 0 Å². The fourth-order valence-corrected chi connectivity index (χ4v) is 5.09. The minimum absolute atomic E-state index is 0.526. The van der Waals surface area contributed by atoms with Gasteiger partial charge in [0.05, 0.1) is 26.5 Å². The van der Waals surface area contributed by atoms with E-state index in [-0.39, 0.29) is 0 Å². The van der Waals surface area contributed by atoms with Gasteiger partial charge in [0.15, 0.2) is 0 Å². The second-order valence-electron chi connectivity index (χ2n) is 5.59. The summed E-state index contributed by atoms with van der Waals surface area (Å²) >= 11 is 7.07. The van der Waals surface area contributed by atoms with Crippen molar-refractivity contribution in [2.24, 2.45) is 11.8 Å². The van der Waals surface area contributed by atoms with E-state index in [1.54, 1.807) is 22.7 Å². The van der Waals surface area contributed by atoms with Crippen molar-refractivity contribution in [2.45, 2.75) is 20.8 Å². The van der Waals surface area contributed by atoms with Gasteiger partial charge in [-0.3, -0.25) is 0 Å². The Hall–Kier alpha value is -0.650. The number of ether oxygens (including phenoxy) is 1. The maximum Gasteiger partial charge on any atom is 0.129 e. The molecule has 2 aromatic heterocycles. The molecule has 2 nitrogen and oxygen atoms in total. The lowest BCUT2D eigenvalue weighted by Gasteiger charge is -2.19. The van der Waals surface area contributed by atoms with Crippen LogP contribution in [0.4, 0.5) is 0 Å². The predicted octanol–water partition coefficient (Wildman–Crippen LogP) is 5.87. The quantitative estimate of drug-likeness (QED) is 0.514. The molecule has 0 saturated heterocycles. The van der Waals surface area contributed by atoms with Crippen LogP contribution in [0.15, 0.2) is 17.5 Å². The molecule has 0 N–H and O–H groups in total. The molecule has 0 aliphatic heterocycles. The number of rotatable bonds is 5. The van der Waals surface area contributed by atoms with Gasteiger partial charge >= 0.3 is 0 Å². The minimum atomic E-state index is 0.526. The third kappa shape index (κ3) is 2.96. The number of hydrogen-bond donors (Lipinski definition) is 0. The van der Waals surface area contributed by atoms with E-state index in [1.165, 1.54) is 14.8 Å². The average molecular weight is 384 g/mol. The van der Waals surface area contributed by atoms with Crippen LogP contribution < -0.4 is 4.74 Å². The number of thiazole rings is 1. The molecule has 2 heterocycles. The summed E-state index contributed by atoms with van der Waals surface area (Å²) in [6.07, 6.45) is 0. The molecule has 0 radical (unpaired) electrons. The summed E-state index contributed by atoms with van der Waals surface area (Å²) in [6, 6.07) is 4.29. The van der Waals surface area contributed by atoms with Crippen LogP contribution >= 0.6 is 38.6 Å². The number of nitrogens with zero attached hydrogens (tertiary/aromatic N) is 1. The first-order valence-electron chi connectivity index (χ1n) is 7.06. The van der Waals surface area contributed by atoms with Gasteiger partial charge in [-0.2, -0.15) is 0 Å². The highest BCUT2D eigenvalue weighted by Crippen LogP contribution is 2.39. The Kier molecular flexibility index (Phi) is 4.52. The summed E-state index contributed by atoms with van der Waals surface area (Å²) in [6.45, 7) is 7.29. The summed E-state index contributed by atoms with van der Waals surface area (Å²) in [5.41, 5.74) is 1.12. The number of fused-ring (bicyclic) bond motifs is 3. The molecule has 0 fully saturated rings. The maximum absolute atomic E-state index is 6.16. The molecule has 21 heavy (non-hydrogen) atoms. The number of aromatic nitrogens is 1. The Balaban J connectivity index is 1.98. The Labute approximate surface area is 141 Å². The molecule has 0 saturated carbocycles. The highest BCUT2D eigenvalue weighted by atomic mass is 79.9. The van der Waals surface area contributed by atoms with E-state index in [0.717, 1.165) is 28.2 Å². The molecule has 3 aromatic rings. The minimum Gasteiger partial charge on any atom is -0.493 e. The van der Waals surface area contributed by atoms with E-state index < -0.39 is 0 Å². The number of aryl methyl sites for hydroxylation is 1. The first-order valence-corrected chi connectivity index (χ1v) is 9.88.